The largest absolute Gasteiger partial charge is 0.498 e. The fourth-order valence-corrected chi connectivity index (χ4v) is 3.22. The van der Waals surface area contributed by atoms with Crippen LogP contribution in [0.5, 0.6) is 0 Å². The minimum atomic E-state index is -0.823. The Hall–Kier alpha value is -1.58. The molecule has 3 rings (SSSR count). The molecule has 0 aliphatic carbocycles. The van der Waals surface area contributed by atoms with E-state index in [1.165, 1.54) is 4.90 Å². The van der Waals surface area contributed by atoms with Crippen LogP contribution in [0.4, 0.5) is 4.79 Å². The molecule has 2 saturated heterocycles. The SMILES string of the molecule is CC1(C)OB(c2cnn(CCCN3CCN(C(=O)O)CC3)c2)OC1(C)C. The summed E-state index contributed by atoms with van der Waals surface area (Å²) < 4.78 is 14.0. The maximum absolute atomic E-state index is 10.9. The first-order valence-corrected chi connectivity index (χ1v) is 9.26. The number of aromatic nitrogens is 2. The van der Waals surface area contributed by atoms with E-state index in [1.807, 2.05) is 44.8 Å². The lowest BCUT2D eigenvalue weighted by molar-refractivity contribution is 0.00578. The van der Waals surface area contributed by atoms with E-state index in [9.17, 15) is 4.79 Å². The standard InChI is InChI=1S/C17H29BN4O4/c1-16(2)17(3,4)26-18(25-16)14-12-19-22(13-14)7-5-6-20-8-10-21(11-9-20)15(23)24/h12-13H,5-11H2,1-4H3,(H,23,24). The molecule has 0 aromatic carbocycles. The molecule has 2 fully saturated rings. The third-order valence-electron chi connectivity index (χ3n) is 5.68. The second-order valence-electron chi connectivity index (χ2n) is 8.09. The molecule has 1 amide bonds. The molecule has 26 heavy (non-hydrogen) atoms. The minimum Gasteiger partial charge on any atom is -0.465 e. The van der Waals surface area contributed by atoms with Crippen molar-refractivity contribution in [2.75, 3.05) is 32.7 Å². The van der Waals surface area contributed by atoms with Crippen molar-refractivity contribution in [2.24, 2.45) is 0 Å². The molecule has 0 radical (unpaired) electrons. The van der Waals surface area contributed by atoms with Crippen LogP contribution in [0.25, 0.3) is 0 Å². The third-order valence-corrected chi connectivity index (χ3v) is 5.68. The molecule has 144 valence electrons. The van der Waals surface area contributed by atoms with Crippen molar-refractivity contribution in [1.29, 1.82) is 0 Å². The first-order chi connectivity index (χ1) is 12.2. The van der Waals surface area contributed by atoms with Gasteiger partial charge in [0.25, 0.3) is 0 Å². The van der Waals surface area contributed by atoms with Gasteiger partial charge in [0.05, 0.1) is 11.2 Å². The molecule has 0 spiro atoms. The number of carboxylic acid groups (broad SMARTS) is 1. The van der Waals surface area contributed by atoms with Crippen molar-refractivity contribution in [3.05, 3.63) is 12.4 Å². The molecule has 0 atom stereocenters. The average Bonchev–Trinajstić information content (AvgIpc) is 3.10. The quantitative estimate of drug-likeness (QED) is 0.781. The lowest BCUT2D eigenvalue weighted by Gasteiger charge is -2.32. The van der Waals surface area contributed by atoms with Gasteiger partial charge in [-0.2, -0.15) is 5.10 Å². The summed E-state index contributed by atoms with van der Waals surface area (Å²) in [7, 11) is -0.377. The number of nitrogens with zero attached hydrogens (tertiary/aromatic N) is 4. The average molecular weight is 364 g/mol. The molecule has 0 saturated carbocycles. The summed E-state index contributed by atoms with van der Waals surface area (Å²) in [5, 5.41) is 13.4. The highest BCUT2D eigenvalue weighted by Crippen LogP contribution is 2.36. The van der Waals surface area contributed by atoms with Gasteiger partial charge < -0.3 is 19.3 Å². The third kappa shape index (κ3) is 4.05. The van der Waals surface area contributed by atoms with Gasteiger partial charge in [-0.05, 0) is 34.1 Å². The molecular weight excluding hydrogens is 335 g/mol. The van der Waals surface area contributed by atoms with Crippen LogP contribution in [0.3, 0.4) is 0 Å². The molecule has 1 aromatic heterocycles. The maximum atomic E-state index is 10.9. The minimum absolute atomic E-state index is 0.349. The van der Waals surface area contributed by atoms with Crippen LogP contribution in [0.2, 0.25) is 0 Å². The summed E-state index contributed by atoms with van der Waals surface area (Å²) >= 11 is 0. The smallest absolute Gasteiger partial charge is 0.465 e. The Morgan fingerprint density at radius 1 is 1.15 bits per heavy atom. The fourth-order valence-electron chi connectivity index (χ4n) is 3.22. The van der Waals surface area contributed by atoms with Crippen LogP contribution < -0.4 is 5.46 Å². The number of piperazine rings is 1. The van der Waals surface area contributed by atoms with Gasteiger partial charge in [0.15, 0.2) is 0 Å². The van der Waals surface area contributed by atoms with Crippen molar-refractivity contribution < 1.29 is 19.2 Å². The van der Waals surface area contributed by atoms with Crippen LogP contribution >= 0.6 is 0 Å². The number of aryl methyl sites for hydroxylation is 1. The summed E-state index contributed by atoms with van der Waals surface area (Å²) in [5.74, 6) is 0. The van der Waals surface area contributed by atoms with Gasteiger partial charge in [0, 0.05) is 57.1 Å². The lowest BCUT2D eigenvalue weighted by atomic mass is 9.82. The van der Waals surface area contributed by atoms with Crippen LogP contribution in [0.1, 0.15) is 34.1 Å². The van der Waals surface area contributed by atoms with Gasteiger partial charge in [-0.1, -0.05) is 0 Å². The van der Waals surface area contributed by atoms with Gasteiger partial charge in [0.2, 0.25) is 0 Å². The van der Waals surface area contributed by atoms with E-state index in [2.05, 4.69) is 10.00 Å². The van der Waals surface area contributed by atoms with E-state index in [0.717, 1.165) is 38.1 Å². The van der Waals surface area contributed by atoms with Crippen molar-refractivity contribution in [1.82, 2.24) is 19.6 Å². The van der Waals surface area contributed by atoms with E-state index in [-0.39, 0.29) is 18.3 Å². The van der Waals surface area contributed by atoms with Crippen LogP contribution in [0.15, 0.2) is 12.4 Å². The van der Waals surface area contributed by atoms with Crippen molar-refractivity contribution >= 4 is 18.7 Å². The Balaban J connectivity index is 1.44. The van der Waals surface area contributed by atoms with Gasteiger partial charge in [-0.3, -0.25) is 9.58 Å². The highest BCUT2D eigenvalue weighted by atomic mass is 16.7. The molecule has 2 aliphatic rings. The second kappa shape index (κ2) is 7.21. The number of carbonyl (C=O) groups is 1. The van der Waals surface area contributed by atoms with E-state index in [0.29, 0.717) is 13.1 Å². The molecular formula is C17H29BN4O4. The molecule has 0 bridgehead atoms. The van der Waals surface area contributed by atoms with Crippen molar-refractivity contribution in [3.63, 3.8) is 0 Å². The van der Waals surface area contributed by atoms with E-state index in [4.69, 9.17) is 14.4 Å². The topological polar surface area (TPSA) is 80.1 Å². The molecule has 3 heterocycles. The van der Waals surface area contributed by atoms with Crippen LogP contribution in [-0.2, 0) is 15.9 Å². The Bertz CT molecular complexity index is 624. The van der Waals surface area contributed by atoms with Crippen LogP contribution in [-0.4, -0.2) is 81.8 Å². The van der Waals surface area contributed by atoms with Gasteiger partial charge >= 0.3 is 13.2 Å². The summed E-state index contributed by atoms with van der Waals surface area (Å²) in [6.45, 7) is 12.7. The zero-order valence-corrected chi connectivity index (χ0v) is 16.1. The van der Waals surface area contributed by atoms with Gasteiger partial charge in [0.1, 0.15) is 0 Å². The highest BCUT2D eigenvalue weighted by molar-refractivity contribution is 6.61. The van der Waals surface area contributed by atoms with E-state index < -0.39 is 6.09 Å². The zero-order chi connectivity index (χ0) is 18.9. The Morgan fingerprint density at radius 3 is 2.35 bits per heavy atom. The Morgan fingerprint density at radius 2 is 1.77 bits per heavy atom. The number of rotatable bonds is 5. The summed E-state index contributed by atoms with van der Waals surface area (Å²) in [6, 6.07) is 0. The summed E-state index contributed by atoms with van der Waals surface area (Å²) in [4.78, 5) is 14.7. The normalized spacial score (nSPS) is 22.8. The maximum Gasteiger partial charge on any atom is 0.498 e. The van der Waals surface area contributed by atoms with Gasteiger partial charge in [-0.25, -0.2) is 4.79 Å². The van der Waals surface area contributed by atoms with Crippen molar-refractivity contribution in [3.8, 4) is 0 Å². The number of hydrogen-bond acceptors (Lipinski definition) is 5. The van der Waals surface area contributed by atoms with E-state index in [1.54, 1.807) is 0 Å². The molecule has 2 aliphatic heterocycles. The summed E-state index contributed by atoms with van der Waals surface area (Å²) in [6.07, 6.45) is 3.95. The first kappa shape index (κ1) is 19.2. The number of amides is 1. The second-order valence-corrected chi connectivity index (χ2v) is 8.09. The highest BCUT2D eigenvalue weighted by Gasteiger charge is 2.52. The predicted octanol–water partition coefficient (Wildman–Crippen LogP) is 0.868. The Labute approximate surface area is 155 Å². The first-order valence-electron chi connectivity index (χ1n) is 9.26. The zero-order valence-electron chi connectivity index (χ0n) is 16.1. The Kier molecular flexibility index (Phi) is 5.32. The van der Waals surface area contributed by atoms with Crippen LogP contribution in [0, 0.1) is 0 Å². The van der Waals surface area contributed by atoms with Gasteiger partial charge in [-0.15, -0.1) is 0 Å². The fraction of sp³-hybridized carbons (Fsp3) is 0.765. The predicted molar refractivity (Wildman–Crippen MR) is 98.6 cm³/mol. The lowest BCUT2D eigenvalue weighted by Crippen LogP contribution is -2.48. The van der Waals surface area contributed by atoms with E-state index >= 15 is 0 Å². The number of hydrogen-bond donors (Lipinski definition) is 1. The molecule has 0 unspecified atom stereocenters. The van der Waals surface area contributed by atoms with Crippen molar-refractivity contribution in [2.45, 2.75) is 51.9 Å². The molecule has 1 N–H and O–H groups in total. The monoisotopic (exact) mass is 364 g/mol. The molecule has 9 heteroatoms. The summed E-state index contributed by atoms with van der Waals surface area (Å²) in [5.41, 5.74) is 0.245. The molecule has 1 aromatic rings. The molecule has 8 nitrogen and oxygen atoms in total.